The first-order chi connectivity index (χ1) is 10.4. The molecule has 2 amide bonds. The first kappa shape index (κ1) is 17.9. The minimum Gasteiger partial charge on any atom is -0.308 e. The Labute approximate surface area is 136 Å². The van der Waals surface area contributed by atoms with Gasteiger partial charge in [-0.2, -0.15) is 0 Å². The van der Waals surface area contributed by atoms with Crippen LogP contribution in [0.2, 0.25) is 5.15 Å². The summed E-state index contributed by atoms with van der Waals surface area (Å²) in [4.78, 5) is 19.9. The van der Waals surface area contributed by atoms with Crippen molar-refractivity contribution in [1.82, 2.24) is 9.97 Å². The third-order valence-electron chi connectivity index (χ3n) is 2.81. The maximum atomic E-state index is 11.9. The molecule has 118 valence electrons. The lowest BCUT2D eigenvalue weighted by Crippen LogP contribution is -2.21. The van der Waals surface area contributed by atoms with Crippen LogP contribution in [0.1, 0.15) is 30.7 Å². The second-order valence-corrected chi connectivity index (χ2v) is 4.92. The van der Waals surface area contributed by atoms with Gasteiger partial charge in [0.15, 0.2) is 0 Å². The molecule has 0 unspecified atom stereocenters. The van der Waals surface area contributed by atoms with Crippen LogP contribution in [0.3, 0.4) is 0 Å². The second kappa shape index (κ2) is 8.34. The fraction of sp³-hybridized carbons (Fsp3) is 0.312. The van der Waals surface area contributed by atoms with Crippen molar-refractivity contribution in [3.63, 3.8) is 0 Å². The predicted molar refractivity (Wildman–Crippen MR) is 91.7 cm³/mol. The van der Waals surface area contributed by atoms with Gasteiger partial charge in [0.2, 0.25) is 5.95 Å². The number of benzene rings is 1. The smallest absolute Gasteiger partial charge is 0.308 e. The highest BCUT2D eigenvalue weighted by Crippen LogP contribution is 2.15. The molecular weight excluding hydrogens is 300 g/mol. The van der Waals surface area contributed by atoms with E-state index >= 15 is 0 Å². The van der Waals surface area contributed by atoms with E-state index in [1.807, 2.05) is 45.9 Å². The van der Waals surface area contributed by atoms with E-state index in [0.29, 0.717) is 16.5 Å². The van der Waals surface area contributed by atoms with Gasteiger partial charge in [-0.25, -0.2) is 14.8 Å². The van der Waals surface area contributed by atoms with Gasteiger partial charge in [0.25, 0.3) is 0 Å². The van der Waals surface area contributed by atoms with Crippen molar-refractivity contribution in [1.29, 1.82) is 0 Å². The number of halogens is 1. The van der Waals surface area contributed by atoms with Gasteiger partial charge in [0.05, 0.1) is 0 Å². The maximum absolute atomic E-state index is 11.9. The van der Waals surface area contributed by atoms with Gasteiger partial charge in [-0.05, 0) is 50.1 Å². The summed E-state index contributed by atoms with van der Waals surface area (Å²) in [6, 6.07) is 6.90. The van der Waals surface area contributed by atoms with Crippen LogP contribution in [0.25, 0.3) is 0 Å². The number of hydrogen-bond acceptors (Lipinski definition) is 3. The lowest BCUT2D eigenvalue weighted by Gasteiger charge is -2.08. The van der Waals surface area contributed by atoms with E-state index in [4.69, 9.17) is 11.6 Å². The fourth-order valence-electron chi connectivity index (χ4n) is 1.67. The summed E-state index contributed by atoms with van der Waals surface area (Å²) in [5, 5.41) is 5.56. The SMILES string of the molecule is CC.Cc1cc(Cl)nc(NC(=O)Nc2ccc(C)c(C)c2)n1. The summed E-state index contributed by atoms with van der Waals surface area (Å²) in [5.74, 6) is 0.177. The lowest BCUT2D eigenvalue weighted by atomic mass is 10.1. The summed E-state index contributed by atoms with van der Waals surface area (Å²) in [6.07, 6.45) is 0. The average molecular weight is 321 g/mol. The average Bonchev–Trinajstić information content (AvgIpc) is 2.44. The van der Waals surface area contributed by atoms with Crippen LogP contribution in [-0.2, 0) is 0 Å². The van der Waals surface area contributed by atoms with Crippen molar-refractivity contribution in [2.75, 3.05) is 10.6 Å². The minimum absolute atomic E-state index is 0.177. The molecule has 1 aromatic carbocycles. The number of carbonyl (C=O) groups excluding carboxylic acids is 1. The molecule has 0 radical (unpaired) electrons. The van der Waals surface area contributed by atoms with Crippen LogP contribution in [0, 0.1) is 20.8 Å². The highest BCUT2D eigenvalue weighted by Gasteiger charge is 2.07. The Morgan fingerprint density at radius 2 is 1.68 bits per heavy atom. The Morgan fingerprint density at radius 3 is 2.27 bits per heavy atom. The Hall–Kier alpha value is -2.14. The zero-order valence-electron chi connectivity index (χ0n) is 13.5. The normalized spacial score (nSPS) is 9.55. The van der Waals surface area contributed by atoms with Gasteiger partial charge in [-0.1, -0.05) is 31.5 Å². The largest absolute Gasteiger partial charge is 0.326 e. The van der Waals surface area contributed by atoms with Crippen molar-refractivity contribution in [2.24, 2.45) is 0 Å². The van der Waals surface area contributed by atoms with Gasteiger partial charge in [0.1, 0.15) is 5.15 Å². The Balaban J connectivity index is 0.00000116. The molecule has 2 aromatic rings. The summed E-state index contributed by atoms with van der Waals surface area (Å²) < 4.78 is 0. The van der Waals surface area contributed by atoms with E-state index in [1.54, 1.807) is 13.0 Å². The quantitative estimate of drug-likeness (QED) is 0.786. The molecule has 0 atom stereocenters. The number of amides is 2. The van der Waals surface area contributed by atoms with Gasteiger partial charge in [-0.3, -0.25) is 5.32 Å². The molecule has 0 bridgehead atoms. The molecule has 0 aliphatic rings. The summed E-state index contributed by atoms with van der Waals surface area (Å²) in [7, 11) is 0. The van der Waals surface area contributed by atoms with Crippen molar-refractivity contribution in [3.05, 3.63) is 46.2 Å². The van der Waals surface area contributed by atoms with E-state index in [1.165, 1.54) is 5.56 Å². The first-order valence-corrected chi connectivity index (χ1v) is 7.48. The van der Waals surface area contributed by atoms with E-state index < -0.39 is 6.03 Å². The molecule has 0 fully saturated rings. The Morgan fingerprint density at radius 1 is 1.00 bits per heavy atom. The number of aromatic nitrogens is 2. The standard InChI is InChI=1S/C14H15ClN4O.C2H6/c1-8-4-5-11(6-9(8)2)17-14(20)19-13-16-10(3)7-12(15)18-13;1-2/h4-7H,1-3H3,(H2,16,17,18,19,20);1-2H3. The third-order valence-corrected chi connectivity index (χ3v) is 3.01. The molecule has 0 saturated heterocycles. The molecule has 5 nitrogen and oxygen atoms in total. The van der Waals surface area contributed by atoms with Crippen LogP contribution in [-0.4, -0.2) is 16.0 Å². The minimum atomic E-state index is -0.407. The number of urea groups is 1. The number of rotatable bonds is 2. The molecule has 22 heavy (non-hydrogen) atoms. The number of carbonyl (C=O) groups is 1. The van der Waals surface area contributed by atoms with E-state index in [0.717, 1.165) is 5.56 Å². The Bertz CT molecular complexity index is 638. The van der Waals surface area contributed by atoms with Crippen LogP contribution < -0.4 is 10.6 Å². The molecule has 0 spiro atoms. The second-order valence-electron chi connectivity index (χ2n) is 4.53. The zero-order valence-corrected chi connectivity index (χ0v) is 14.2. The summed E-state index contributed by atoms with van der Waals surface area (Å²) in [5.41, 5.74) is 3.68. The maximum Gasteiger partial charge on any atom is 0.326 e. The van der Waals surface area contributed by atoms with Gasteiger partial charge < -0.3 is 5.32 Å². The molecule has 0 saturated carbocycles. The highest BCUT2D eigenvalue weighted by atomic mass is 35.5. The van der Waals surface area contributed by atoms with Gasteiger partial charge in [0, 0.05) is 11.4 Å². The number of nitrogens with one attached hydrogen (secondary N) is 2. The zero-order chi connectivity index (χ0) is 16.7. The van der Waals surface area contributed by atoms with Crippen molar-refractivity contribution < 1.29 is 4.79 Å². The highest BCUT2D eigenvalue weighted by molar-refractivity contribution is 6.29. The number of anilines is 2. The number of aryl methyl sites for hydroxylation is 3. The van der Waals surface area contributed by atoms with Gasteiger partial charge >= 0.3 is 6.03 Å². The molecular formula is C16H21ClN4O. The molecule has 0 aliphatic heterocycles. The predicted octanol–water partition coefficient (Wildman–Crippen LogP) is 4.73. The summed E-state index contributed by atoms with van der Waals surface area (Å²) >= 11 is 5.81. The van der Waals surface area contributed by atoms with Crippen molar-refractivity contribution in [3.8, 4) is 0 Å². The first-order valence-electron chi connectivity index (χ1n) is 7.10. The lowest BCUT2D eigenvalue weighted by molar-refractivity contribution is 0.262. The van der Waals surface area contributed by atoms with Crippen LogP contribution in [0.4, 0.5) is 16.4 Å². The van der Waals surface area contributed by atoms with Crippen LogP contribution >= 0.6 is 11.6 Å². The molecule has 2 rings (SSSR count). The van der Waals surface area contributed by atoms with E-state index in [-0.39, 0.29) is 5.95 Å². The Kier molecular flexibility index (Phi) is 6.79. The molecule has 6 heteroatoms. The topological polar surface area (TPSA) is 66.9 Å². The molecule has 1 heterocycles. The summed E-state index contributed by atoms with van der Waals surface area (Å²) in [6.45, 7) is 9.78. The van der Waals surface area contributed by atoms with Crippen LogP contribution in [0.15, 0.2) is 24.3 Å². The van der Waals surface area contributed by atoms with E-state index in [2.05, 4.69) is 20.6 Å². The monoisotopic (exact) mass is 320 g/mol. The van der Waals surface area contributed by atoms with Crippen LogP contribution in [0.5, 0.6) is 0 Å². The van der Waals surface area contributed by atoms with E-state index in [9.17, 15) is 4.79 Å². The molecule has 2 N–H and O–H groups in total. The van der Waals surface area contributed by atoms with Crippen molar-refractivity contribution in [2.45, 2.75) is 34.6 Å². The molecule has 1 aromatic heterocycles. The third kappa shape index (κ3) is 5.33. The number of nitrogens with zero attached hydrogens (tertiary/aromatic N) is 2. The van der Waals surface area contributed by atoms with Crippen molar-refractivity contribution >= 4 is 29.3 Å². The van der Waals surface area contributed by atoms with Gasteiger partial charge in [-0.15, -0.1) is 0 Å². The number of hydrogen-bond donors (Lipinski definition) is 2. The fourth-order valence-corrected chi connectivity index (χ4v) is 1.91. The molecule has 0 aliphatic carbocycles.